The smallest absolute Gasteiger partial charge is 0.277 e. The molecule has 4 rings (SSSR count). The number of halogens is 1. The highest BCUT2D eigenvalue weighted by Crippen LogP contribution is 2.28. The quantitative estimate of drug-likeness (QED) is 0.490. The van der Waals surface area contributed by atoms with Crippen molar-refractivity contribution in [2.75, 3.05) is 10.6 Å². The van der Waals surface area contributed by atoms with Crippen LogP contribution in [-0.4, -0.2) is 49.1 Å². The minimum Gasteiger partial charge on any atom is -0.364 e. The molecule has 0 aliphatic heterocycles. The molecule has 4 N–H and O–H groups in total. The van der Waals surface area contributed by atoms with Crippen molar-refractivity contribution in [1.82, 2.24) is 9.97 Å². The van der Waals surface area contributed by atoms with E-state index < -0.39 is 17.9 Å². The van der Waals surface area contributed by atoms with Gasteiger partial charge in [-0.1, -0.05) is 23.8 Å². The van der Waals surface area contributed by atoms with Crippen molar-refractivity contribution >= 4 is 51.0 Å². The van der Waals surface area contributed by atoms with Crippen molar-refractivity contribution in [2.24, 2.45) is 5.73 Å². The third kappa shape index (κ3) is 6.14. The number of pyridine rings is 2. The van der Waals surface area contributed by atoms with Crippen LogP contribution in [0.2, 0.25) is 5.02 Å². The first-order valence-electron chi connectivity index (χ1n) is 11.5. The van der Waals surface area contributed by atoms with Gasteiger partial charge >= 0.3 is 0 Å². The Hall–Kier alpha value is -3.18. The summed E-state index contributed by atoms with van der Waals surface area (Å²) < 4.78 is 18.3. The van der Waals surface area contributed by atoms with Gasteiger partial charge < -0.3 is 21.1 Å². The third-order valence-corrected chi connectivity index (χ3v) is 7.00. The maximum absolute atomic E-state index is 13.4. The lowest BCUT2D eigenvalue weighted by Gasteiger charge is -2.32. The number of nitrogens with zero attached hydrogens (tertiary/aromatic N) is 2. The van der Waals surface area contributed by atoms with Gasteiger partial charge in [-0.2, -0.15) is 0 Å². The maximum atomic E-state index is 13.4. The number of amides is 2. The highest BCUT2D eigenvalue weighted by molar-refractivity contribution is 7.67. The molecule has 2 aliphatic rings. The standard InChI is InChI=1S/C25H26ClN5O4S/c1-14-4-10-18(22(23(14)36-34)35-17-8-6-16(27)7-9-17)24(32)30-19-3-2-12-28-21(19)25(33)31-20-11-5-15(26)13-29-20/h2-5,10-13,16-17,22H,6-9,27H2,1H3,(H,30,32)(H,29,31,33)/t16-,17+,22?. The molecule has 2 aromatic rings. The molecular weight excluding hydrogens is 502 g/mol. The van der Waals surface area contributed by atoms with Crippen LogP contribution in [0.4, 0.5) is 11.5 Å². The SMILES string of the molecule is CC1=CC=C(C(=O)Nc2cccnc2C(=O)Nc2ccc(Cl)cn2)C(O[C@H]2CC[C@@H](N)CC2)C1=S=O. The summed E-state index contributed by atoms with van der Waals surface area (Å²) in [6.45, 7) is 1.81. The van der Waals surface area contributed by atoms with Crippen LogP contribution in [0.15, 0.2) is 60.0 Å². The van der Waals surface area contributed by atoms with Gasteiger partial charge in [0, 0.05) is 18.4 Å². The first kappa shape index (κ1) is 25.9. The average Bonchev–Trinajstić information content (AvgIpc) is 2.87. The van der Waals surface area contributed by atoms with Crippen molar-refractivity contribution in [2.45, 2.75) is 50.9 Å². The van der Waals surface area contributed by atoms with Crippen molar-refractivity contribution < 1.29 is 18.5 Å². The molecule has 36 heavy (non-hydrogen) atoms. The van der Waals surface area contributed by atoms with Gasteiger partial charge in [-0.15, -0.1) is 0 Å². The van der Waals surface area contributed by atoms with E-state index in [1.54, 1.807) is 36.4 Å². The maximum Gasteiger partial charge on any atom is 0.277 e. The third-order valence-electron chi connectivity index (χ3n) is 6.06. The van der Waals surface area contributed by atoms with E-state index in [1.807, 2.05) is 6.92 Å². The van der Waals surface area contributed by atoms with E-state index in [-0.39, 0.29) is 34.9 Å². The van der Waals surface area contributed by atoms with Crippen LogP contribution in [0.1, 0.15) is 43.1 Å². The molecule has 11 heteroatoms. The van der Waals surface area contributed by atoms with Crippen LogP contribution in [0.5, 0.6) is 0 Å². The lowest BCUT2D eigenvalue weighted by atomic mass is 9.91. The number of allylic oxidation sites excluding steroid dienone is 2. The number of nitrogens with two attached hydrogens (primary N) is 1. The second-order valence-electron chi connectivity index (χ2n) is 8.64. The van der Waals surface area contributed by atoms with E-state index in [1.165, 1.54) is 12.4 Å². The number of rotatable bonds is 6. The molecule has 1 unspecified atom stereocenters. The molecule has 0 bridgehead atoms. The number of anilines is 2. The van der Waals surface area contributed by atoms with Gasteiger partial charge in [-0.05, 0) is 62.4 Å². The molecule has 0 radical (unpaired) electrons. The van der Waals surface area contributed by atoms with Crippen LogP contribution in [-0.2, 0) is 20.8 Å². The lowest BCUT2D eigenvalue weighted by Crippen LogP contribution is -2.40. The Labute approximate surface area is 217 Å². The number of carbonyl (C=O) groups is 2. The highest BCUT2D eigenvalue weighted by Gasteiger charge is 2.33. The Morgan fingerprint density at radius 3 is 2.56 bits per heavy atom. The molecule has 1 fully saturated rings. The predicted molar refractivity (Wildman–Crippen MR) is 140 cm³/mol. The van der Waals surface area contributed by atoms with Crippen LogP contribution in [0, 0.1) is 0 Å². The first-order valence-corrected chi connectivity index (χ1v) is 12.6. The summed E-state index contributed by atoms with van der Waals surface area (Å²) in [4.78, 5) is 34.9. The minimum absolute atomic E-state index is 0.00636. The van der Waals surface area contributed by atoms with Crippen molar-refractivity contribution in [3.05, 3.63) is 70.7 Å². The van der Waals surface area contributed by atoms with E-state index in [0.717, 1.165) is 31.3 Å². The van der Waals surface area contributed by atoms with Gasteiger partial charge in [-0.3, -0.25) is 9.59 Å². The molecule has 2 aliphatic carbocycles. The Morgan fingerprint density at radius 1 is 1.08 bits per heavy atom. The zero-order chi connectivity index (χ0) is 25.7. The zero-order valence-corrected chi connectivity index (χ0v) is 21.1. The topological polar surface area (TPSA) is 136 Å². The Bertz CT molecular complexity index is 1270. The van der Waals surface area contributed by atoms with E-state index in [2.05, 4.69) is 20.6 Å². The molecule has 0 spiro atoms. The van der Waals surface area contributed by atoms with E-state index in [9.17, 15) is 13.8 Å². The summed E-state index contributed by atoms with van der Waals surface area (Å²) in [5.74, 6) is -0.757. The van der Waals surface area contributed by atoms with Crippen molar-refractivity contribution in [3.63, 3.8) is 0 Å². The fourth-order valence-electron chi connectivity index (χ4n) is 4.10. The summed E-state index contributed by atoms with van der Waals surface area (Å²) in [6.07, 6.45) is 8.50. The molecule has 2 amide bonds. The first-order chi connectivity index (χ1) is 17.4. The van der Waals surface area contributed by atoms with Crippen LogP contribution >= 0.6 is 11.6 Å². The van der Waals surface area contributed by atoms with E-state index >= 15 is 0 Å². The number of carbonyl (C=O) groups excluding carboxylic acids is 2. The van der Waals surface area contributed by atoms with Crippen molar-refractivity contribution in [3.8, 4) is 0 Å². The fourth-order valence-corrected chi connectivity index (χ4v) is 4.68. The van der Waals surface area contributed by atoms with Crippen LogP contribution in [0.3, 0.4) is 0 Å². The molecule has 188 valence electrons. The second-order valence-corrected chi connectivity index (χ2v) is 9.68. The Kier molecular flexibility index (Phi) is 8.42. The van der Waals surface area contributed by atoms with Gasteiger partial charge in [-0.25, -0.2) is 14.2 Å². The largest absolute Gasteiger partial charge is 0.364 e. The molecule has 2 aromatic heterocycles. The summed E-state index contributed by atoms with van der Waals surface area (Å²) in [5.41, 5.74) is 7.26. The molecular formula is C25H26ClN5O4S. The van der Waals surface area contributed by atoms with E-state index in [4.69, 9.17) is 22.1 Å². The molecule has 2 heterocycles. The summed E-state index contributed by atoms with van der Waals surface area (Å²) in [5, 5.41) is 5.84. The minimum atomic E-state index is -0.802. The summed E-state index contributed by atoms with van der Waals surface area (Å²) in [6, 6.07) is 6.48. The number of ether oxygens (including phenoxy) is 1. The summed E-state index contributed by atoms with van der Waals surface area (Å²) in [7, 11) is 0. The van der Waals surface area contributed by atoms with Gasteiger partial charge in [0.2, 0.25) is 0 Å². The van der Waals surface area contributed by atoms with Gasteiger partial charge in [0.15, 0.2) is 5.69 Å². The van der Waals surface area contributed by atoms with Crippen LogP contribution in [0.25, 0.3) is 0 Å². The van der Waals surface area contributed by atoms with Gasteiger partial charge in [0.25, 0.3) is 11.8 Å². The molecule has 9 nitrogen and oxygen atoms in total. The van der Waals surface area contributed by atoms with Crippen molar-refractivity contribution in [1.29, 1.82) is 0 Å². The van der Waals surface area contributed by atoms with E-state index in [0.29, 0.717) is 21.1 Å². The molecule has 1 atom stereocenters. The lowest BCUT2D eigenvalue weighted by molar-refractivity contribution is -0.114. The average molecular weight is 528 g/mol. The predicted octanol–water partition coefficient (Wildman–Crippen LogP) is 3.25. The van der Waals surface area contributed by atoms with Gasteiger partial charge in [0.1, 0.15) is 11.9 Å². The Morgan fingerprint density at radius 2 is 1.86 bits per heavy atom. The van der Waals surface area contributed by atoms with Gasteiger partial charge in [0.05, 0.1) is 38.5 Å². The highest BCUT2D eigenvalue weighted by atomic mass is 35.5. The number of aromatic nitrogens is 2. The normalized spacial score (nSPS) is 21.8. The zero-order valence-electron chi connectivity index (χ0n) is 19.6. The Balaban J connectivity index is 1.54. The number of hydrogen-bond donors (Lipinski definition) is 3. The molecule has 0 aromatic carbocycles. The fraction of sp³-hybridized carbons (Fsp3) is 0.320. The number of hydrogen-bond acceptors (Lipinski definition) is 7. The number of nitrogens with one attached hydrogen (secondary N) is 2. The monoisotopic (exact) mass is 527 g/mol. The second kappa shape index (κ2) is 11.7. The van der Waals surface area contributed by atoms with Crippen LogP contribution < -0.4 is 16.4 Å². The molecule has 0 saturated heterocycles. The summed E-state index contributed by atoms with van der Waals surface area (Å²) >= 11 is 6.17. The molecule has 1 saturated carbocycles.